The van der Waals surface area contributed by atoms with Gasteiger partial charge in [-0.3, -0.25) is 4.68 Å². The van der Waals surface area contributed by atoms with Gasteiger partial charge in [0.25, 0.3) is 0 Å². The Labute approximate surface area is 125 Å². The molecule has 1 aromatic heterocycles. The van der Waals surface area contributed by atoms with Crippen LogP contribution in [-0.4, -0.2) is 26.8 Å². The largest absolute Gasteiger partial charge is 0.311 e. The Bertz CT molecular complexity index is 586. The van der Waals surface area contributed by atoms with Crippen LogP contribution in [-0.2, 0) is 13.5 Å². The average molecular weight is 290 g/mol. The Morgan fingerprint density at radius 1 is 1.33 bits per heavy atom. The monoisotopic (exact) mass is 290 g/mol. The molecular formula is C16H23FN4. The molecule has 1 heterocycles. The minimum absolute atomic E-state index is 0.0193. The maximum absolute atomic E-state index is 13.5. The molecule has 0 aliphatic rings. The molecule has 4 nitrogen and oxygen atoms in total. The van der Waals surface area contributed by atoms with Crippen molar-refractivity contribution in [3.8, 4) is 0 Å². The molecule has 0 aliphatic heterocycles. The van der Waals surface area contributed by atoms with E-state index in [9.17, 15) is 4.39 Å². The van der Waals surface area contributed by atoms with Crippen molar-refractivity contribution in [2.75, 3.05) is 6.54 Å². The molecule has 2 aromatic rings. The lowest BCUT2D eigenvalue weighted by Crippen LogP contribution is -2.39. The Balaban J connectivity index is 2.19. The van der Waals surface area contributed by atoms with Crippen molar-refractivity contribution in [3.05, 3.63) is 47.8 Å². The number of benzene rings is 1. The Kier molecular flexibility index (Phi) is 4.73. The number of rotatable bonds is 5. The van der Waals surface area contributed by atoms with Gasteiger partial charge in [0.15, 0.2) is 0 Å². The SMILES string of the molecule is Cn1ncnc1CC(CNC(C)(C)C)c1cccc(F)c1. The van der Waals surface area contributed by atoms with Gasteiger partial charge in [0.05, 0.1) is 0 Å². The number of nitrogens with zero attached hydrogens (tertiary/aromatic N) is 3. The van der Waals surface area contributed by atoms with E-state index in [4.69, 9.17) is 0 Å². The number of nitrogens with one attached hydrogen (secondary N) is 1. The second kappa shape index (κ2) is 6.35. The van der Waals surface area contributed by atoms with E-state index in [0.717, 1.165) is 24.4 Å². The van der Waals surface area contributed by atoms with E-state index >= 15 is 0 Å². The molecule has 0 radical (unpaired) electrons. The minimum atomic E-state index is -0.203. The zero-order chi connectivity index (χ0) is 15.5. The van der Waals surface area contributed by atoms with E-state index in [-0.39, 0.29) is 17.3 Å². The van der Waals surface area contributed by atoms with Crippen LogP contribution in [0.3, 0.4) is 0 Å². The van der Waals surface area contributed by atoms with Crippen molar-refractivity contribution in [1.82, 2.24) is 20.1 Å². The van der Waals surface area contributed by atoms with Gasteiger partial charge in [-0.2, -0.15) is 5.10 Å². The molecule has 0 saturated carbocycles. The quantitative estimate of drug-likeness (QED) is 0.920. The van der Waals surface area contributed by atoms with E-state index in [0.29, 0.717) is 0 Å². The Morgan fingerprint density at radius 2 is 2.10 bits per heavy atom. The van der Waals surface area contributed by atoms with Crippen LogP contribution in [0.25, 0.3) is 0 Å². The maximum Gasteiger partial charge on any atom is 0.138 e. The highest BCUT2D eigenvalue weighted by atomic mass is 19.1. The summed E-state index contributed by atoms with van der Waals surface area (Å²) in [5.41, 5.74) is 1.00. The van der Waals surface area contributed by atoms with Crippen LogP contribution in [0.15, 0.2) is 30.6 Å². The normalized spacial score (nSPS) is 13.4. The van der Waals surface area contributed by atoms with Crippen LogP contribution < -0.4 is 5.32 Å². The van der Waals surface area contributed by atoms with Crippen molar-refractivity contribution < 1.29 is 4.39 Å². The zero-order valence-electron chi connectivity index (χ0n) is 13.1. The summed E-state index contributed by atoms with van der Waals surface area (Å²) >= 11 is 0. The minimum Gasteiger partial charge on any atom is -0.311 e. The molecule has 2 rings (SSSR count). The molecule has 5 heteroatoms. The summed E-state index contributed by atoms with van der Waals surface area (Å²) in [7, 11) is 1.88. The summed E-state index contributed by atoms with van der Waals surface area (Å²) in [5.74, 6) is 0.856. The van der Waals surface area contributed by atoms with Crippen LogP contribution in [0.1, 0.15) is 38.1 Å². The van der Waals surface area contributed by atoms with Gasteiger partial charge in [-0.15, -0.1) is 0 Å². The molecular weight excluding hydrogens is 267 g/mol. The molecule has 1 unspecified atom stereocenters. The van der Waals surface area contributed by atoms with E-state index in [1.165, 1.54) is 6.07 Å². The highest BCUT2D eigenvalue weighted by Crippen LogP contribution is 2.21. The van der Waals surface area contributed by atoms with E-state index < -0.39 is 0 Å². The van der Waals surface area contributed by atoms with Crippen LogP contribution in [0, 0.1) is 5.82 Å². The van der Waals surface area contributed by atoms with Gasteiger partial charge < -0.3 is 5.32 Å². The first-order chi connectivity index (χ1) is 9.85. The lowest BCUT2D eigenvalue weighted by molar-refractivity contribution is 0.401. The van der Waals surface area contributed by atoms with Crippen molar-refractivity contribution in [2.24, 2.45) is 7.05 Å². The lowest BCUT2D eigenvalue weighted by Gasteiger charge is -2.25. The number of halogens is 1. The second-order valence-electron chi connectivity index (χ2n) is 6.39. The van der Waals surface area contributed by atoms with Gasteiger partial charge in [0.2, 0.25) is 0 Å². The lowest BCUT2D eigenvalue weighted by atomic mass is 9.94. The van der Waals surface area contributed by atoms with Crippen LogP contribution in [0.4, 0.5) is 4.39 Å². The van der Waals surface area contributed by atoms with E-state index in [1.54, 1.807) is 23.1 Å². The first-order valence-electron chi connectivity index (χ1n) is 7.18. The first-order valence-corrected chi connectivity index (χ1v) is 7.18. The highest BCUT2D eigenvalue weighted by molar-refractivity contribution is 5.22. The highest BCUT2D eigenvalue weighted by Gasteiger charge is 2.19. The standard InChI is InChI=1S/C16H23FN4/c1-16(2,3)19-10-13(9-15-18-11-20-21(15)4)12-6-5-7-14(17)8-12/h5-8,11,13,19H,9-10H2,1-4H3. The summed E-state index contributed by atoms with van der Waals surface area (Å²) in [6, 6.07) is 6.80. The molecule has 1 N–H and O–H groups in total. The van der Waals surface area contributed by atoms with Gasteiger partial charge in [-0.1, -0.05) is 12.1 Å². The summed E-state index contributed by atoms with van der Waals surface area (Å²) in [4.78, 5) is 4.28. The average Bonchev–Trinajstić information content (AvgIpc) is 2.79. The number of aryl methyl sites for hydroxylation is 1. The molecule has 114 valence electrons. The van der Waals surface area contributed by atoms with Crippen molar-refractivity contribution >= 4 is 0 Å². The molecule has 0 fully saturated rings. The fourth-order valence-electron chi connectivity index (χ4n) is 2.22. The third-order valence-corrected chi connectivity index (χ3v) is 3.43. The van der Waals surface area contributed by atoms with Gasteiger partial charge in [0.1, 0.15) is 18.0 Å². The van der Waals surface area contributed by atoms with Crippen LogP contribution in [0.2, 0.25) is 0 Å². The summed E-state index contributed by atoms with van der Waals surface area (Å²) < 4.78 is 15.3. The predicted octanol–water partition coefficient (Wildman–Crippen LogP) is 2.67. The van der Waals surface area contributed by atoms with Crippen molar-refractivity contribution in [3.63, 3.8) is 0 Å². The number of hydrogen-bond acceptors (Lipinski definition) is 3. The fourth-order valence-corrected chi connectivity index (χ4v) is 2.22. The molecule has 1 atom stereocenters. The number of aromatic nitrogens is 3. The summed E-state index contributed by atoms with van der Waals surface area (Å²) in [6.07, 6.45) is 2.28. The van der Waals surface area contributed by atoms with Crippen molar-refractivity contribution in [2.45, 2.75) is 38.6 Å². The molecule has 21 heavy (non-hydrogen) atoms. The third-order valence-electron chi connectivity index (χ3n) is 3.43. The zero-order valence-corrected chi connectivity index (χ0v) is 13.1. The first kappa shape index (κ1) is 15.6. The Hall–Kier alpha value is -1.75. The van der Waals surface area contributed by atoms with Crippen LogP contribution >= 0.6 is 0 Å². The van der Waals surface area contributed by atoms with Gasteiger partial charge in [-0.05, 0) is 38.5 Å². The molecule has 0 bridgehead atoms. The molecule has 0 saturated heterocycles. The molecule has 0 spiro atoms. The predicted molar refractivity (Wildman–Crippen MR) is 81.6 cm³/mol. The Morgan fingerprint density at radius 3 is 2.67 bits per heavy atom. The van der Waals surface area contributed by atoms with Gasteiger partial charge in [0, 0.05) is 31.5 Å². The topological polar surface area (TPSA) is 42.7 Å². The molecule has 1 aromatic carbocycles. The summed E-state index contributed by atoms with van der Waals surface area (Å²) in [5, 5.41) is 7.59. The third kappa shape index (κ3) is 4.63. The smallest absolute Gasteiger partial charge is 0.138 e. The van der Waals surface area contributed by atoms with Crippen molar-refractivity contribution in [1.29, 1.82) is 0 Å². The van der Waals surface area contributed by atoms with Crippen LogP contribution in [0.5, 0.6) is 0 Å². The van der Waals surface area contributed by atoms with E-state index in [1.807, 2.05) is 13.1 Å². The number of hydrogen-bond donors (Lipinski definition) is 1. The second-order valence-corrected chi connectivity index (χ2v) is 6.39. The van der Waals surface area contributed by atoms with Gasteiger partial charge >= 0.3 is 0 Å². The van der Waals surface area contributed by atoms with Gasteiger partial charge in [-0.25, -0.2) is 9.37 Å². The molecule has 0 amide bonds. The molecule has 0 aliphatic carbocycles. The maximum atomic E-state index is 13.5. The summed E-state index contributed by atoms with van der Waals surface area (Å²) in [6.45, 7) is 7.13. The van der Waals surface area contributed by atoms with E-state index in [2.05, 4.69) is 36.2 Å². The fraction of sp³-hybridized carbons (Fsp3) is 0.500.